The van der Waals surface area contributed by atoms with Gasteiger partial charge in [-0.1, -0.05) is 6.07 Å². The standard InChI is InChI=1S/C19H20N4O2/c1-12-5-4-6-16(22-12)17(23-20)9-13-7-8-21-19-15(13)10-14(24-2)11-18(19)25-3/h4-8,10-11H,9,20H2,1-3H3. The van der Waals surface area contributed by atoms with Gasteiger partial charge in [-0.2, -0.15) is 5.10 Å². The molecule has 2 aromatic heterocycles. The highest BCUT2D eigenvalue weighted by molar-refractivity contribution is 6.02. The summed E-state index contributed by atoms with van der Waals surface area (Å²) in [4.78, 5) is 8.95. The first-order valence-electron chi connectivity index (χ1n) is 7.86. The lowest BCUT2D eigenvalue weighted by atomic mass is 10.0. The molecular weight excluding hydrogens is 316 g/mol. The molecule has 128 valence electrons. The Balaban J connectivity index is 2.09. The summed E-state index contributed by atoms with van der Waals surface area (Å²) in [6.07, 6.45) is 2.28. The maximum atomic E-state index is 5.64. The predicted molar refractivity (Wildman–Crippen MR) is 98.2 cm³/mol. The van der Waals surface area contributed by atoms with E-state index >= 15 is 0 Å². The first-order valence-corrected chi connectivity index (χ1v) is 7.86. The lowest BCUT2D eigenvalue weighted by Gasteiger charge is -2.12. The van der Waals surface area contributed by atoms with Crippen molar-refractivity contribution in [2.75, 3.05) is 14.2 Å². The first-order chi connectivity index (χ1) is 12.2. The Hall–Kier alpha value is -3.15. The molecule has 6 nitrogen and oxygen atoms in total. The summed E-state index contributed by atoms with van der Waals surface area (Å²) in [7, 11) is 3.24. The minimum absolute atomic E-state index is 0.530. The number of hydrogen-bond donors (Lipinski definition) is 1. The van der Waals surface area contributed by atoms with E-state index in [2.05, 4.69) is 15.1 Å². The van der Waals surface area contributed by atoms with Crippen LogP contribution in [0.3, 0.4) is 0 Å². The molecule has 3 aromatic rings. The number of hydrazone groups is 1. The number of aryl methyl sites for hydroxylation is 1. The van der Waals surface area contributed by atoms with Gasteiger partial charge in [0.25, 0.3) is 0 Å². The molecule has 0 aliphatic heterocycles. The number of ether oxygens (including phenoxy) is 2. The van der Waals surface area contributed by atoms with Crippen molar-refractivity contribution in [3.05, 3.63) is 59.5 Å². The molecule has 0 amide bonds. The Morgan fingerprint density at radius 2 is 2.00 bits per heavy atom. The second kappa shape index (κ2) is 7.17. The summed E-state index contributed by atoms with van der Waals surface area (Å²) in [5.74, 6) is 7.01. The van der Waals surface area contributed by atoms with Crippen molar-refractivity contribution in [3.8, 4) is 11.5 Å². The molecule has 0 aliphatic rings. The highest BCUT2D eigenvalue weighted by Crippen LogP contribution is 2.32. The largest absolute Gasteiger partial charge is 0.497 e. The predicted octanol–water partition coefficient (Wildman–Crippen LogP) is 2.86. The fourth-order valence-electron chi connectivity index (χ4n) is 2.77. The topological polar surface area (TPSA) is 82.6 Å². The van der Waals surface area contributed by atoms with Crippen LogP contribution in [0.5, 0.6) is 11.5 Å². The minimum atomic E-state index is 0.530. The molecule has 2 heterocycles. The average molecular weight is 336 g/mol. The number of methoxy groups -OCH3 is 2. The monoisotopic (exact) mass is 336 g/mol. The maximum absolute atomic E-state index is 5.64. The van der Waals surface area contributed by atoms with Crippen LogP contribution in [0.1, 0.15) is 17.0 Å². The van der Waals surface area contributed by atoms with Crippen LogP contribution in [0.4, 0.5) is 0 Å². The Labute approximate surface area is 146 Å². The van der Waals surface area contributed by atoms with Gasteiger partial charge in [0.05, 0.1) is 25.6 Å². The summed E-state index contributed by atoms with van der Waals surface area (Å²) in [5.41, 5.74) is 4.19. The van der Waals surface area contributed by atoms with Crippen molar-refractivity contribution in [1.82, 2.24) is 9.97 Å². The van der Waals surface area contributed by atoms with Crippen LogP contribution in [-0.4, -0.2) is 29.9 Å². The fourth-order valence-corrected chi connectivity index (χ4v) is 2.77. The first kappa shape index (κ1) is 16.7. The highest BCUT2D eigenvalue weighted by Gasteiger charge is 2.13. The number of rotatable bonds is 5. The van der Waals surface area contributed by atoms with E-state index < -0.39 is 0 Å². The van der Waals surface area contributed by atoms with Gasteiger partial charge in [0.1, 0.15) is 17.0 Å². The van der Waals surface area contributed by atoms with E-state index in [9.17, 15) is 0 Å². The SMILES string of the molecule is COc1cc(OC)c2nccc(CC(=NN)c3cccc(C)n3)c2c1. The van der Waals surface area contributed by atoms with Crippen LogP contribution in [0, 0.1) is 6.92 Å². The Bertz CT molecular complexity index is 938. The number of pyridine rings is 2. The molecule has 0 atom stereocenters. The van der Waals surface area contributed by atoms with Crippen molar-refractivity contribution in [3.63, 3.8) is 0 Å². The third-order valence-electron chi connectivity index (χ3n) is 4.03. The smallest absolute Gasteiger partial charge is 0.148 e. The van der Waals surface area contributed by atoms with Gasteiger partial charge in [0.2, 0.25) is 0 Å². The number of nitrogens with zero attached hydrogens (tertiary/aromatic N) is 3. The number of nitrogens with two attached hydrogens (primary N) is 1. The zero-order valence-electron chi connectivity index (χ0n) is 14.5. The summed E-state index contributed by atoms with van der Waals surface area (Å²) in [5, 5.41) is 4.90. The van der Waals surface area contributed by atoms with Crippen LogP contribution in [0.25, 0.3) is 10.9 Å². The van der Waals surface area contributed by atoms with E-state index in [1.54, 1.807) is 20.4 Å². The van der Waals surface area contributed by atoms with Crippen LogP contribution >= 0.6 is 0 Å². The Morgan fingerprint density at radius 3 is 2.68 bits per heavy atom. The van der Waals surface area contributed by atoms with E-state index in [1.165, 1.54) is 0 Å². The maximum Gasteiger partial charge on any atom is 0.148 e. The third kappa shape index (κ3) is 3.38. The summed E-state index contributed by atoms with van der Waals surface area (Å²) in [6.45, 7) is 1.94. The molecule has 0 radical (unpaired) electrons. The quantitative estimate of drug-likeness (QED) is 0.440. The van der Waals surface area contributed by atoms with E-state index in [0.717, 1.165) is 27.9 Å². The van der Waals surface area contributed by atoms with Gasteiger partial charge in [-0.05, 0) is 36.8 Å². The van der Waals surface area contributed by atoms with Crippen molar-refractivity contribution in [2.45, 2.75) is 13.3 Å². The zero-order chi connectivity index (χ0) is 17.8. The van der Waals surface area contributed by atoms with Gasteiger partial charge in [-0.15, -0.1) is 0 Å². The number of benzene rings is 1. The Morgan fingerprint density at radius 1 is 1.16 bits per heavy atom. The van der Waals surface area contributed by atoms with E-state index in [4.69, 9.17) is 15.3 Å². The molecule has 0 unspecified atom stereocenters. The fraction of sp³-hybridized carbons (Fsp3) is 0.211. The van der Waals surface area contributed by atoms with Crippen LogP contribution in [0.2, 0.25) is 0 Å². The zero-order valence-corrected chi connectivity index (χ0v) is 14.5. The van der Waals surface area contributed by atoms with Crippen LogP contribution in [-0.2, 0) is 6.42 Å². The third-order valence-corrected chi connectivity index (χ3v) is 4.03. The molecule has 0 saturated heterocycles. The summed E-state index contributed by atoms with van der Waals surface area (Å²) < 4.78 is 10.8. The molecular formula is C19H20N4O2. The van der Waals surface area contributed by atoms with Crippen LogP contribution in [0.15, 0.2) is 47.7 Å². The summed E-state index contributed by atoms with van der Waals surface area (Å²) in [6, 6.07) is 11.5. The van der Waals surface area contributed by atoms with Gasteiger partial charge in [0.15, 0.2) is 0 Å². The van der Waals surface area contributed by atoms with Crippen molar-refractivity contribution in [2.24, 2.45) is 10.9 Å². The normalized spacial score (nSPS) is 11.6. The van der Waals surface area contributed by atoms with E-state index in [0.29, 0.717) is 23.6 Å². The van der Waals surface area contributed by atoms with E-state index in [1.807, 2.05) is 43.3 Å². The Kier molecular flexibility index (Phi) is 4.79. The van der Waals surface area contributed by atoms with Gasteiger partial charge in [0, 0.05) is 29.8 Å². The molecule has 6 heteroatoms. The molecule has 0 bridgehead atoms. The second-order valence-corrected chi connectivity index (χ2v) is 5.61. The summed E-state index contributed by atoms with van der Waals surface area (Å²) >= 11 is 0. The van der Waals surface area contributed by atoms with Gasteiger partial charge >= 0.3 is 0 Å². The number of hydrogen-bond acceptors (Lipinski definition) is 6. The van der Waals surface area contributed by atoms with Crippen LogP contribution < -0.4 is 15.3 Å². The molecule has 0 spiro atoms. The highest BCUT2D eigenvalue weighted by atomic mass is 16.5. The van der Waals surface area contributed by atoms with Gasteiger partial charge in [-0.25, -0.2) is 0 Å². The molecule has 0 saturated carbocycles. The second-order valence-electron chi connectivity index (χ2n) is 5.61. The van der Waals surface area contributed by atoms with Crippen molar-refractivity contribution >= 4 is 16.6 Å². The molecule has 0 fully saturated rings. The van der Waals surface area contributed by atoms with E-state index in [-0.39, 0.29) is 0 Å². The average Bonchev–Trinajstić information content (AvgIpc) is 2.65. The molecule has 2 N–H and O–H groups in total. The van der Waals surface area contributed by atoms with Gasteiger partial charge in [-0.3, -0.25) is 9.97 Å². The lowest BCUT2D eigenvalue weighted by Crippen LogP contribution is -2.11. The molecule has 25 heavy (non-hydrogen) atoms. The lowest BCUT2D eigenvalue weighted by molar-refractivity contribution is 0.397. The van der Waals surface area contributed by atoms with Gasteiger partial charge < -0.3 is 15.3 Å². The van der Waals surface area contributed by atoms with Crippen molar-refractivity contribution in [1.29, 1.82) is 0 Å². The molecule has 3 rings (SSSR count). The van der Waals surface area contributed by atoms with Crippen molar-refractivity contribution < 1.29 is 9.47 Å². The molecule has 1 aromatic carbocycles. The molecule has 0 aliphatic carbocycles. The minimum Gasteiger partial charge on any atom is -0.497 e. The number of aromatic nitrogens is 2. The number of fused-ring (bicyclic) bond motifs is 1.